The van der Waals surface area contributed by atoms with Crippen molar-refractivity contribution in [3.63, 3.8) is 0 Å². The minimum absolute atomic E-state index is 0.869. The SMILES string of the molecule is CCNCc1sc(Cc2csc(C)n2)nc1CC. The summed E-state index contributed by atoms with van der Waals surface area (Å²) in [7, 11) is 0. The van der Waals surface area contributed by atoms with Gasteiger partial charge >= 0.3 is 0 Å². The Morgan fingerprint density at radius 3 is 2.72 bits per heavy atom. The fraction of sp³-hybridized carbons (Fsp3) is 0.538. The van der Waals surface area contributed by atoms with Gasteiger partial charge < -0.3 is 5.32 Å². The van der Waals surface area contributed by atoms with Gasteiger partial charge in [-0.05, 0) is 19.9 Å². The molecule has 0 spiro atoms. The second-order valence-electron chi connectivity index (χ2n) is 4.15. The van der Waals surface area contributed by atoms with Crippen molar-refractivity contribution < 1.29 is 0 Å². The highest BCUT2D eigenvalue weighted by Gasteiger charge is 2.10. The van der Waals surface area contributed by atoms with Crippen LogP contribution in [0.25, 0.3) is 0 Å². The molecule has 0 aliphatic carbocycles. The first kappa shape index (κ1) is 13.6. The first-order chi connectivity index (χ1) is 8.72. The van der Waals surface area contributed by atoms with E-state index >= 15 is 0 Å². The van der Waals surface area contributed by atoms with Gasteiger partial charge in [-0.15, -0.1) is 22.7 Å². The van der Waals surface area contributed by atoms with Crippen molar-refractivity contribution in [2.75, 3.05) is 6.54 Å². The lowest BCUT2D eigenvalue weighted by Gasteiger charge is -1.99. The summed E-state index contributed by atoms with van der Waals surface area (Å²) in [6, 6.07) is 0. The van der Waals surface area contributed by atoms with E-state index in [1.54, 1.807) is 11.3 Å². The standard InChI is InChI=1S/C13H19N3S2/c1-4-11-12(7-14-5-2)18-13(16-11)6-10-8-17-9(3)15-10/h8,14H,4-7H2,1-3H3. The van der Waals surface area contributed by atoms with Gasteiger partial charge in [0.25, 0.3) is 0 Å². The summed E-state index contributed by atoms with van der Waals surface area (Å²) >= 11 is 3.53. The number of rotatable bonds is 6. The second kappa shape index (κ2) is 6.41. The molecule has 0 fully saturated rings. The Hall–Kier alpha value is -0.780. The Morgan fingerprint density at radius 2 is 2.11 bits per heavy atom. The van der Waals surface area contributed by atoms with Gasteiger partial charge in [-0.3, -0.25) is 0 Å². The van der Waals surface area contributed by atoms with Crippen LogP contribution in [0.15, 0.2) is 5.38 Å². The number of aromatic nitrogens is 2. The zero-order valence-corrected chi connectivity index (χ0v) is 12.7. The number of nitrogens with one attached hydrogen (secondary N) is 1. The first-order valence-electron chi connectivity index (χ1n) is 6.32. The van der Waals surface area contributed by atoms with Crippen LogP contribution in [0.4, 0.5) is 0 Å². The highest BCUT2D eigenvalue weighted by Crippen LogP contribution is 2.22. The summed E-state index contributed by atoms with van der Waals surface area (Å²) in [5, 5.41) is 7.82. The zero-order chi connectivity index (χ0) is 13.0. The van der Waals surface area contributed by atoms with Gasteiger partial charge in [0.15, 0.2) is 0 Å². The quantitative estimate of drug-likeness (QED) is 0.884. The highest BCUT2D eigenvalue weighted by atomic mass is 32.1. The zero-order valence-electron chi connectivity index (χ0n) is 11.1. The van der Waals surface area contributed by atoms with Crippen molar-refractivity contribution in [1.82, 2.24) is 15.3 Å². The van der Waals surface area contributed by atoms with Crippen LogP contribution in [-0.4, -0.2) is 16.5 Å². The predicted octanol–water partition coefficient (Wildman–Crippen LogP) is 3.17. The molecule has 0 saturated heterocycles. The van der Waals surface area contributed by atoms with Gasteiger partial charge in [-0.1, -0.05) is 13.8 Å². The van der Waals surface area contributed by atoms with Crippen LogP contribution >= 0.6 is 22.7 Å². The average Bonchev–Trinajstić information content (AvgIpc) is 2.93. The van der Waals surface area contributed by atoms with Gasteiger partial charge in [0.1, 0.15) is 0 Å². The second-order valence-corrected chi connectivity index (χ2v) is 6.38. The Kier molecular flexibility index (Phi) is 4.86. The number of hydrogen-bond acceptors (Lipinski definition) is 5. The molecule has 0 bridgehead atoms. The lowest BCUT2D eigenvalue weighted by Crippen LogP contribution is -2.11. The third-order valence-electron chi connectivity index (χ3n) is 2.69. The summed E-state index contributed by atoms with van der Waals surface area (Å²) in [6.45, 7) is 8.28. The van der Waals surface area contributed by atoms with Crippen LogP contribution in [0.5, 0.6) is 0 Å². The van der Waals surface area contributed by atoms with E-state index in [-0.39, 0.29) is 0 Å². The van der Waals surface area contributed by atoms with E-state index < -0.39 is 0 Å². The van der Waals surface area contributed by atoms with E-state index in [9.17, 15) is 0 Å². The van der Waals surface area contributed by atoms with Gasteiger partial charge in [0.2, 0.25) is 0 Å². The Morgan fingerprint density at radius 1 is 1.28 bits per heavy atom. The Bertz CT molecular complexity index is 502. The van der Waals surface area contributed by atoms with E-state index in [4.69, 9.17) is 4.98 Å². The van der Waals surface area contributed by atoms with Crippen LogP contribution < -0.4 is 5.32 Å². The number of aryl methyl sites for hydroxylation is 2. The third-order valence-corrected chi connectivity index (χ3v) is 4.61. The maximum Gasteiger partial charge on any atom is 0.0991 e. The molecule has 18 heavy (non-hydrogen) atoms. The fourth-order valence-corrected chi connectivity index (χ4v) is 3.56. The summed E-state index contributed by atoms with van der Waals surface area (Å²) < 4.78 is 0. The van der Waals surface area contributed by atoms with Crippen molar-refractivity contribution in [2.45, 2.75) is 40.2 Å². The lowest BCUT2D eigenvalue weighted by atomic mass is 10.3. The van der Waals surface area contributed by atoms with Crippen molar-refractivity contribution in [1.29, 1.82) is 0 Å². The molecular formula is C13H19N3S2. The third kappa shape index (κ3) is 3.37. The van der Waals surface area contributed by atoms with E-state index in [0.29, 0.717) is 0 Å². The van der Waals surface area contributed by atoms with Crippen molar-refractivity contribution in [3.05, 3.63) is 31.7 Å². The maximum atomic E-state index is 4.73. The molecule has 0 saturated carbocycles. The molecule has 5 heteroatoms. The Labute approximate surface area is 116 Å². The van der Waals surface area contributed by atoms with E-state index in [2.05, 4.69) is 29.5 Å². The predicted molar refractivity (Wildman–Crippen MR) is 78.5 cm³/mol. The molecule has 1 N–H and O–H groups in total. The molecule has 0 amide bonds. The van der Waals surface area contributed by atoms with Crippen molar-refractivity contribution >= 4 is 22.7 Å². The topological polar surface area (TPSA) is 37.8 Å². The summed E-state index contributed by atoms with van der Waals surface area (Å²) in [5.41, 5.74) is 2.38. The van der Waals surface area contributed by atoms with Gasteiger partial charge in [0, 0.05) is 23.2 Å². The molecule has 98 valence electrons. The fourth-order valence-electron chi connectivity index (χ4n) is 1.81. The van der Waals surface area contributed by atoms with Crippen molar-refractivity contribution in [3.8, 4) is 0 Å². The molecule has 0 aliphatic rings. The molecule has 2 rings (SSSR count). The molecule has 2 heterocycles. The van der Waals surface area contributed by atoms with Crippen LogP contribution in [0, 0.1) is 6.92 Å². The minimum atomic E-state index is 0.869. The molecule has 0 aliphatic heterocycles. The average molecular weight is 281 g/mol. The molecule has 0 radical (unpaired) electrons. The van der Waals surface area contributed by atoms with Gasteiger partial charge in [-0.25, -0.2) is 9.97 Å². The largest absolute Gasteiger partial charge is 0.312 e. The van der Waals surface area contributed by atoms with Gasteiger partial charge in [0.05, 0.1) is 21.4 Å². The van der Waals surface area contributed by atoms with Crippen LogP contribution in [0.1, 0.15) is 40.1 Å². The summed E-state index contributed by atoms with van der Waals surface area (Å²) in [5.74, 6) is 0. The first-order valence-corrected chi connectivity index (χ1v) is 8.01. The Balaban J connectivity index is 2.11. The molecule has 2 aromatic rings. The molecule has 0 aromatic carbocycles. The normalized spacial score (nSPS) is 11.1. The summed E-state index contributed by atoms with van der Waals surface area (Å²) in [4.78, 5) is 10.6. The molecule has 3 nitrogen and oxygen atoms in total. The maximum absolute atomic E-state index is 4.73. The van der Waals surface area contributed by atoms with E-state index in [1.165, 1.54) is 15.6 Å². The molecule has 2 aromatic heterocycles. The van der Waals surface area contributed by atoms with Gasteiger partial charge in [-0.2, -0.15) is 0 Å². The van der Waals surface area contributed by atoms with Crippen molar-refractivity contribution in [2.24, 2.45) is 0 Å². The van der Waals surface area contributed by atoms with E-state index in [0.717, 1.165) is 36.6 Å². The van der Waals surface area contributed by atoms with Crippen LogP contribution in [0.3, 0.4) is 0 Å². The minimum Gasteiger partial charge on any atom is -0.312 e. The number of hydrogen-bond donors (Lipinski definition) is 1. The molecule has 0 atom stereocenters. The van der Waals surface area contributed by atoms with Crippen LogP contribution in [0.2, 0.25) is 0 Å². The number of thiazole rings is 2. The monoisotopic (exact) mass is 281 g/mol. The lowest BCUT2D eigenvalue weighted by molar-refractivity contribution is 0.727. The number of nitrogens with zero attached hydrogens (tertiary/aromatic N) is 2. The smallest absolute Gasteiger partial charge is 0.0991 e. The summed E-state index contributed by atoms with van der Waals surface area (Å²) in [6.07, 6.45) is 1.88. The molecule has 0 unspecified atom stereocenters. The highest BCUT2D eigenvalue weighted by molar-refractivity contribution is 7.11. The van der Waals surface area contributed by atoms with Crippen LogP contribution in [-0.2, 0) is 19.4 Å². The molecular weight excluding hydrogens is 262 g/mol. The van der Waals surface area contributed by atoms with E-state index in [1.807, 2.05) is 18.3 Å².